The second-order valence-electron chi connectivity index (χ2n) is 8.00. The molecule has 0 saturated carbocycles. The third-order valence-corrected chi connectivity index (χ3v) is 5.46. The average Bonchev–Trinajstić information content (AvgIpc) is 3.20. The highest BCUT2D eigenvalue weighted by Crippen LogP contribution is 2.29. The van der Waals surface area contributed by atoms with Gasteiger partial charge in [0, 0.05) is 18.0 Å². The van der Waals surface area contributed by atoms with Gasteiger partial charge in [-0.3, -0.25) is 4.79 Å². The molecule has 0 radical (unpaired) electrons. The first-order chi connectivity index (χ1) is 15.7. The number of hydrogen-bond acceptors (Lipinski definition) is 4. The zero-order valence-electron chi connectivity index (χ0n) is 17.7. The van der Waals surface area contributed by atoms with E-state index in [4.69, 9.17) is 4.74 Å². The Morgan fingerprint density at radius 3 is 2.42 bits per heavy atom. The topological polar surface area (TPSA) is 86.8 Å². The van der Waals surface area contributed by atoms with Crippen molar-refractivity contribution >= 4 is 11.9 Å². The molecule has 0 spiro atoms. The fourth-order valence-electron chi connectivity index (χ4n) is 3.45. The number of alkyl halides is 3. The Morgan fingerprint density at radius 1 is 1.09 bits per heavy atom. The molecule has 4 rings (SSSR count). The minimum Gasteiger partial charge on any atom is -0.377 e. The maximum absolute atomic E-state index is 13.9. The van der Waals surface area contributed by atoms with Gasteiger partial charge in [0.2, 0.25) is 5.96 Å². The van der Waals surface area contributed by atoms with E-state index in [1.54, 1.807) is 13.0 Å². The zero-order valence-corrected chi connectivity index (χ0v) is 17.7. The van der Waals surface area contributed by atoms with E-state index in [-0.39, 0.29) is 35.6 Å². The van der Waals surface area contributed by atoms with E-state index < -0.39 is 17.6 Å². The molecule has 2 saturated heterocycles. The number of amides is 1. The lowest BCUT2D eigenvalue weighted by atomic mass is 10.0. The number of aryl methyl sites for hydroxylation is 1. The number of nitrogens with one attached hydrogen (secondary N) is 4. The van der Waals surface area contributed by atoms with Gasteiger partial charge in [-0.1, -0.05) is 12.1 Å². The quantitative estimate of drug-likeness (QED) is 0.316. The smallest absolute Gasteiger partial charge is 0.377 e. The number of carbonyl (C=O) groups is 1. The summed E-state index contributed by atoms with van der Waals surface area (Å²) in [7, 11) is 0. The molecule has 2 aliphatic rings. The fourth-order valence-corrected chi connectivity index (χ4v) is 3.45. The number of aliphatic imine (C=N–C) groups is 1. The van der Waals surface area contributed by atoms with Crippen LogP contribution in [0, 0.1) is 12.7 Å². The van der Waals surface area contributed by atoms with Crippen molar-refractivity contribution in [2.45, 2.75) is 37.8 Å². The number of hydrazine groups is 1. The van der Waals surface area contributed by atoms with E-state index in [2.05, 4.69) is 26.5 Å². The summed E-state index contributed by atoms with van der Waals surface area (Å²) in [6.07, 6.45) is -4.30. The maximum atomic E-state index is 13.9. The first-order valence-corrected chi connectivity index (χ1v) is 10.4. The lowest BCUT2D eigenvalue weighted by molar-refractivity contribution is -0.137. The van der Waals surface area contributed by atoms with Gasteiger partial charge in [-0.2, -0.15) is 18.2 Å². The standard InChI is InChI=1S/C22H23F4N5O2/c1-12-2-3-14(8-17(12)23)18-9-19(31-30-18)28-21(27-16-10-33-11-16)29-20(32)13-4-6-15(7-5-13)22(24,25)26/h2-8,16,18-19,30-31H,9-11H2,1H3,(H2,27,28,29,32). The van der Waals surface area contributed by atoms with Gasteiger partial charge in [0.05, 0.1) is 31.0 Å². The Bertz CT molecular complexity index is 1040. The first kappa shape index (κ1) is 23.1. The summed E-state index contributed by atoms with van der Waals surface area (Å²) in [4.78, 5) is 16.6. The molecule has 1 amide bonds. The third kappa shape index (κ3) is 5.67. The highest BCUT2D eigenvalue weighted by molar-refractivity contribution is 6.02. The first-order valence-electron chi connectivity index (χ1n) is 10.4. The predicted molar refractivity (Wildman–Crippen MR) is 113 cm³/mol. The maximum Gasteiger partial charge on any atom is 0.416 e. The van der Waals surface area contributed by atoms with Crippen LogP contribution >= 0.6 is 0 Å². The number of rotatable bonds is 4. The molecule has 2 atom stereocenters. The summed E-state index contributed by atoms with van der Waals surface area (Å²) in [5, 5.41) is 6.17. The molecule has 2 aromatic carbocycles. The summed E-state index contributed by atoms with van der Waals surface area (Å²) < 4.78 is 57.3. The highest BCUT2D eigenvalue weighted by Gasteiger charge is 2.31. The largest absolute Gasteiger partial charge is 0.416 e. The van der Waals surface area contributed by atoms with Crippen LogP contribution in [0.3, 0.4) is 0 Å². The van der Waals surface area contributed by atoms with Crippen LogP contribution in [0.4, 0.5) is 17.6 Å². The second kappa shape index (κ2) is 9.46. The molecule has 2 fully saturated rings. The van der Waals surface area contributed by atoms with Gasteiger partial charge in [0.25, 0.3) is 5.91 Å². The van der Waals surface area contributed by atoms with Crippen LogP contribution in [-0.4, -0.2) is 37.3 Å². The molecule has 33 heavy (non-hydrogen) atoms. The molecule has 0 bridgehead atoms. The van der Waals surface area contributed by atoms with Crippen molar-refractivity contribution in [1.82, 2.24) is 21.5 Å². The van der Waals surface area contributed by atoms with Gasteiger partial charge >= 0.3 is 6.18 Å². The van der Waals surface area contributed by atoms with E-state index in [9.17, 15) is 22.4 Å². The molecule has 11 heteroatoms. The molecule has 4 N–H and O–H groups in total. The van der Waals surface area contributed by atoms with Crippen molar-refractivity contribution < 1.29 is 27.1 Å². The van der Waals surface area contributed by atoms with Crippen LogP contribution in [-0.2, 0) is 10.9 Å². The van der Waals surface area contributed by atoms with E-state index in [1.807, 2.05) is 6.07 Å². The normalized spacial score (nSPS) is 21.5. The summed E-state index contributed by atoms with van der Waals surface area (Å²) >= 11 is 0. The number of benzene rings is 2. The predicted octanol–water partition coefficient (Wildman–Crippen LogP) is 2.79. The van der Waals surface area contributed by atoms with Crippen molar-refractivity contribution in [2.75, 3.05) is 13.2 Å². The summed E-state index contributed by atoms with van der Waals surface area (Å²) in [5.41, 5.74) is 6.64. The molecule has 7 nitrogen and oxygen atoms in total. The van der Waals surface area contributed by atoms with E-state index in [0.717, 1.165) is 29.8 Å². The Labute approximate surface area is 187 Å². The number of guanidine groups is 1. The minimum atomic E-state index is -4.48. The van der Waals surface area contributed by atoms with Gasteiger partial charge in [-0.05, 0) is 48.4 Å². The second-order valence-corrected chi connectivity index (χ2v) is 8.00. The number of nitrogens with zero attached hydrogens (tertiary/aromatic N) is 1. The van der Waals surface area contributed by atoms with Gasteiger partial charge in [-0.25, -0.2) is 15.2 Å². The van der Waals surface area contributed by atoms with Gasteiger partial charge < -0.3 is 15.4 Å². The van der Waals surface area contributed by atoms with Crippen LogP contribution in [0.2, 0.25) is 0 Å². The number of halogens is 4. The van der Waals surface area contributed by atoms with Crippen molar-refractivity contribution in [1.29, 1.82) is 0 Å². The lowest BCUT2D eigenvalue weighted by Gasteiger charge is -2.29. The molecule has 176 valence electrons. The molecule has 2 unspecified atom stereocenters. The van der Waals surface area contributed by atoms with E-state index >= 15 is 0 Å². The Morgan fingerprint density at radius 2 is 1.82 bits per heavy atom. The number of ether oxygens (including phenoxy) is 1. The molecular formula is C22H23F4N5O2. The molecule has 2 aliphatic heterocycles. The SMILES string of the molecule is Cc1ccc(C2CC(N/C(=N\C(=O)c3ccc(C(F)(F)F)cc3)NC3COC3)NN2)cc1F. The number of carbonyl (C=O) groups excluding carboxylic acids is 1. The van der Waals surface area contributed by atoms with E-state index in [1.165, 1.54) is 6.07 Å². The Kier molecular flexibility index (Phi) is 6.63. The molecule has 0 aromatic heterocycles. The van der Waals surface area contributed by atoms with Gasteiger partial charge in [0.1, 0.15) is 5.82 Å². The zero-order chi connectivity index (χ0) is 23.6. The third-order valence-electron chi connectivity index (χ3n) is 5.46. The summed E-state index contributed by atoms with van der Waals surface area (Å²) in [5.74, 6) is -0.813. The van der Waals surface area contributed by atoms with E-state index in [0.29, 0.717) is 25.2 Å². The van der Waals surface area contributed by atoms with Gasteiger partial charge in [-0.15, -0.1) is 0 Å². The Hall–Kier alpha value is -3.02. The highest BCUT2D eigenvalue weighted by atomic mass is 19.4. The molecule has 2 heterocycles. The molecular weight excluding hydrogens is 442 g/mol. The van der Waals surface area contributed by atoms with Crippen LogP contribution in [0.25, 0.3) is 0 Å². The van der Waals surface area contributed by atoms with Crippen LogP contribution < -0.4 is 21.5 Å². The van der Waals surface area contributed by atoms with Gasteiger partial charge in [0.15, 0.2) is 0 Å². The minimum absolute atomic E-state index is 0.0273. The molecule has 2 aromatic rings. The number of hydrogen-bond donors (Lipinski definition) is 4. The fraction of sp³-hybridized carbons (Fsp3) is 0.364. The van der Waals surface area contributed by atoms with Crippen molar-refractivity contribution in [2.24, 2.45) is 4.99 Å². The van der Waals surface area contributed by atoms with Crippen LogP contribution in [0.1, 0.15) is 39.5 Å². The lowest BCUT2D eigenvalue weighted by Crippen LogP contribution is -2.56. The monoisotopic (exact) mass is 465 g/mol. The summed E-state index contributed by atoms with van der Waals surface area (Å²) in [6.45, 7) is 2.57. The van der Waals surface area contributed by atoms with Crippen molar-refractivity contribution in [3.05, 3.63) is 70.5 Å². The summed E-state index contributed by atoms with van der Waals surface area (Å²) in [6, 6.07) is 8.68. The van der Waals surface area contributed by atoms with Crippen LogP contribution in [0.5, 0.6) is 0 Å². The Balaban J connectivity index is 1.45. The van der Waals surface area contributed by atoms with Crippen molar-refractivity contribution in [3.8, 4) is 0 Å². The van der Waals surface area contributed by atoms with Crippen molar-refractivity contribution in [3.63, 3.8) is 0 Å². The molecule has 0 aliphatic carbocycles. The van der Waals surface area contributed by atoms with Crippen LogP contribution in [0.15, 0.2) is 47.5 Å². The average molecular weight is 465 g/mol.